The van der Waals surface area contributed by atoms with E-state index in [1.807, 2.05) is 4.90 Å². The molecule has 1 aliphatic rings. The van der Waals surface area contributed by atoms with Crippen molar-refractivity contribution >= 4 is 17.2 Å². The maximum absolute atomic E-state index is 12.2. The van der Waals surface area contributed by atoms with Gasteiger partial charge in [-0.15, -0.1) is 0 Å². The van der Waals surface area contributed by atoms with Gasteiger partial charge in [-0.1, -0.05) is 18.3 Å². The summed E-state index contributed by atoms with van der Waals surface area (Å²) in [6, 6.07) is 0. The van der Waals surface area contributed by atoms with E-state index in [1.165, 1.54) is 0 Å². The van der Waals surface area contributed by atoms with Gasteiger partial charge in [0.2, 0.25) is 0 Å². The van der Waals surface area contributed by atoms with E-state index in [4.69, 9.17) is 0 Å². The van der Waals surface area contributed by atoms with E-state index in [0.717, 1.165) is 44.1 Å². The molecule has 17 heavy (non-hydrogen) atoms. The van der Waals surface area contributed by atoms with Crippen molar-refractivity contribution in [2.75, 3.05) is 32.7 Å². The molecule has 1 aromatic rings. The molecule has 0 bridgehead atoms. The summed E-state index contributed by atoms with van der Waals surface area (Å²) < 4.78 is 0. The van der Waals surface area contributed by atoms with Crippen molar-refractivity contribution in [1.82, 2.24) is 14.8 Å². The van der Waals surface area contributed by atoms with E-state index >= 15 is 0 Å². The lowest BCUT2D eigenvalue weighted by Gasteiger charge is -2.33. The van der Waals surface area contributed by atoms with Gasteiger partial charge in [-0.25, -0.2) is 0 Å². The maximum atomic E-state index is 12.2. The van der Waals surface area contributed by atoms with Gasteiger partial charge in [-0.3, -0.25) is 9.59 Å². The number of hydrogen-bond acceptors (Lipinski definition) is 4. The molecule has 6 heteroatoms. The fraction of sp³-hybridized carbons (Fsp3) is 0.636. The molecule has 0 saturated carbocycles. The molecule has 1 aliphatic heterocycles. The highest BCUT2D eigenvalue weighted by Crippen LogP contribution is 2.13. The Morgan fingerprint density at radius 3 is 2.47 bits per heavy atom. The van der Waals surface area contributed by atoms with Crippen molar-refractivity contribution in [2.24, 2.45) is 0 Å². The number of carbonyl (C=O) groups excluding carboxylic acids is 1. The molecular weight excluding hydrogens is 238 g/mol. The van der Waals surface area contributed by atoms with Crippen LogP contribution in [0.1, 0.15) is 22.3 Å². The smallest absolute Gasteiger partial charge is 0.305 e. The van der Waals surface area contributed by atoms with Crippen LogP contribution in [0.15, 0.2) is 4.79 Å². The van der Waals surface area contributed by atoms with Crippen LogP contribution in [0.25, 0.3) is 0 Å². The van der Waals surface area contributed by atoms with Crippen molar-refractivity contribution < 1.29 is 4.79 Å². The molecule has 0 radical (unpaired) electrons. The minimum absolute atomic E-state index is 0.0124. The Bertz CT molecular complexity index is 458. The number of hydrogen-bond donors (Lipinski definition) is 1. The molecule has 1 saturated heterocycles. The number of nitrogens with zero attached hydrogens (tertiary/aromatic N) is 2. The van der Waals surface area contributed by atoms with Gasteiger partial charge in [-0.05, 0) is 13.5 Å². The van der Waals surface area contributed by atoms with Gasteiger partial charge in [0.25, 0.3) is 5.91 Å². The van der Waals surface area contributed by atoms with Crippen molar-refractivity contribution in [3.63, 3.8) is 0 Å². The van der Waals surface area contributed by atoms with Crippen LogP contribution in [0.2, 0.25) is 0 Å². The molecule has 0 atom stereocenters. The van der Waals surface area contributed by atoms with Crippen LogP contribution in [0, 0.1) is 6.92 Å². The third-order valence-electron chi connectivity index (χ3n) is 3.13. The lowest BCUT2D eigenvalue weighted by Crippen LogP contribution is -2.48. The number of aryl methyl sites for hydroxylation is 1. The molecule has 5 nitrogen and oxygen atoms in total. The van der Waals surface area contributed by atoms with E-state index in [9.17, 15) is 9.59 Å². The van der Waals surface area contributed by atoms with Crippen LogP contribution in [0.3, 0.4) is 0 Å². The van der Waals surface area contributed by atoms with Crippen molar-refractivity contribution in [2.45, 2.75) is 13.8 Å². The lowest BCUT2D eigenvalue weighted by molar-refractivity contribution is 0.0647. The number of amides is 1. The number of carbonyl (C=O) groups is 1. The highest BCUT2D eigenvalue weighted by Gasteiger charge is 2.24. The standard InChI is InChI=1S/C11H17N3O2S/c1-3-13-4-6-14(7-5-13)10(15)9-8(2)12-11(16)17-9/h3-7H2,1-2H3,(H,12,16). The normalized spacial score (nSPS) is 17.4. The largest absolute Gasteiger partial charge is 0.335 e. The Morgan fingerprint density at radius 2 is 2.00 bits per heavy atom. The Balaban J connectivity index is 2.07. The van der Waals surface area contributed by atoms with Crippen molar-refractivity contribution in [3.8, 4) is 0 Å². The van der Waals surface area contributed by atoms with Crippen molar-refractivity contribution in [3.05, 3.63) is 20.2 Å². The minimum atomic E-state index is -0.155. The van der Waals surface area contributed by atoms with Crippen LogP contribution in [-0.4, -0.2) is 53.4 Å². The summed E-state index contributed by atoms with van der Waals surface area (Å²) in [5, 5.41) is 0. The average Bonchev–Trinajstić information content (AvgIpc) is 2.68. The van der Waals surface area contributed by atoms with Gasteiger partial charge in [-0.2, -0.15) is 0 Å². The molecule has 1 fully saturated rings. The molecule has 2 rings (SSSR count). The summed E-state index contributed by atoms with van der Waals surface area (Å²) in [7, 11) is 0. The Labute approximate surface area is 104 Å². The van der Waals surface area contributed by atoms with Crippen LogP contribution in [0.4, 0.5) is 0 Å². The molecule has 0 unspecified atom stereocenters. The lowest BCUT2D eigenvalue weighted by atomic mass is 10.3. The number of aromatic nitrogens is 1. The Kier molecular flexibility index (Phi) is 3.63. The summed E-state index contributed by atoms with van der Waals surface area (Å²) in [5.41, 5.74) is 0.683. The van der Waals surface area contributed by atoms with Gasteiger partial charge in [0, 0.05) is 31.9 Å². The first-order valence-electron chi connectivity index (χ1n) is 5.83. The van der Waals surface area contributed by atoms with E-state index in [2.05, 4.69) is 16.8 Å². The summed E-state index contributed by atoms with van der Waals surface area (Å²) >= 11 is 1.01. The molecule has 1 N–H and O–H groups in total. The molecule has 0 aromatic carbocycles. The Morgan fingerprint density at radius 1 is 1.35 bits per heavy atom. The van der Waals surface area contributed by atoms with Gasteiger partial charge >= 0.3 is 4.87 Å². The number of aromatic amines is 1. The molecular formula is C11H17N3O2S. The molecule has 0 aliphatic carbocycles. The maximum Gasteiger partial charge on any atom is 0.305 e. The quantitative estimate of drug-likeness (QED) is 0.838. The summed E-state index contributed by atoms with van der Waals surface area (Å²) in [5.74, 6) is -0.0124. The minimum Gasteiger partial charge on any atom is -0.335 e. The second-order valence-electron chi connectivity index (χ2n) is 4.20. The second kappa shape index (κ2) is 5.01. The summed E-state index contributed by atoms with van der Waals surface area (Å²) in [6.45, 7) is 8.25. The zero-order valence-corrected chi connectivity index (χ0v) is 11.0. The first kappa shape index (κ1) is 12.3. The van der Waals surface area contributed by atoms with E-state index in [0.29, 0.717) is 10.6 Å². The predicted molar refractivity (Wildman–Crippen MR) is 67.7 cm³/mol. The number of nitrogens with one attached hydrogen (secondary N) is 1. The Hall–Kier alpha value is -1.14. The first-order chi connectivity index (χ1) is 8.11. The highest BCUT2D eigenvalue weighted by atomic mass is 32.1. The third-order valence-corrected chi connectivity index (χ3v) is 4.10. The van der Waals surface area contributed by atoms with E-state index < -0.39 is 0 Å². The van der Waals surface area contributed by atoms with Crippen molar-refractivity contribution in [1.29, 1.82) is 0 Å². The molecule has 1 amide bonds. The monoisotopic (exact) mass is 255 g/mol. The number of rotatable bonds is 2. The van der Waals surface area contributed by atoms with Crippen LogP contribution < -0.4 is 4.87 Å². The van der Waals surface area contributed by atoms with Crippen LogP contribution >= 0.6 is 11.3 Å². The topological polar surface area (TPSA) is 56.4 Å². The zero-order valence-electron chi connectivity index (χ0n) is 10.2. The number of H-pyrrole nitrogens is 1. The number of thiazole rings is 1. The predicted octanol–water partition coefficient (Wildman–Crippen LogP) is 0.523. The zero-order chi connectivity index (χ0) is 12.4. The van der Waals surface area contributed by atoms with E-state index in [-0.39, 0.29) is 10.8 Å². The second-order valence-corrected chi connectivity index (χ2v) is 5.18. The molecule has 0 spiro atoms. The van der Waals surface area contributed by atoms with E-state index in [1.54, 1.807) is 6.92 Å². The van der Waals surface area contributed by atoms with Gasteiger partial charge < -0.3 is 14.8 Å². The average molecular weight is 255 g/mol. The first-order valence-corrected chi connectivity index (χ1v) is 6.64. The van der Waals surface area contributed by atoms with Gasteiger partial charge in [0.1, 0.15) is 4.88 Å². The highest BCUT2D eigenvalue weighted by molar-refractivity contribution is 7.11. The summed E-state index contributed by atoms with van der Waals surface area (Å²) in [4.78, 5) is 30.6. The van der Waals surface area contributed by atoms with Gasteiger partial charge in [0.05, 0.1) is 0 Å². The number of likely N-dealkylation sites (N-methyl/N-ethyl adjacent to an activating group) is 1. The molecule has 1 aromatic heterocycles. The number of piperazine rings is 1. The summed E-state index contributed by atoms with van der Waals surface area (Å²) in [6.07, 6.45) is 0. The molecule has 2 heterocycles. The fourth-order valence-corrected chi connectivity index (χ4v) is 2.83. The third kappa shape index (κ3) is 2.58. The van der Waals surface area contributed by atoms with Crippen LogP contribution in [-0.2, 0) is 0 Å². The fourth-order valence-electron chi connectivity index (χ4n) is 2.02. The molecule has 94 valence electrons. The van der Waals surface area contributed by atoms with Gasteiger partial charge in [0.15, 0.2) is 0 Å². The van der Waals surface area contributed by atoms with Crippen LogP contribution in [0.5, 0.6) is 0 Å². The SMILES string of the molecule is CCN1CCN(C(=O)c2sc(=O)[nH]c2C)CC1.